The summed E-state index contributed by atoms with van der Waals surface area (Å²) < 4.78 is 0. The van der Waals surface area contributed by atoms with Crippen LogP contribution in [0.25, 0.3) is 16.8 Å². The minimum Gasteiger partial charge on any atom is -0.320 e. The predicted octanol–water partition coefficient (Wildman–Crippen LogP) is 9.24. The molecular formula is C36H37N3Pt. The van der Waals surface area contributed by atoms with E-state index in [1.165, 1.54) is 11.1 Å². The summed E-state index contributed by atoms with van der Waals surface area (Å²) in [6, 6.07) is 30.6. The number of aromatic nitrogens is 2. The molecule has 0 amide bonds. The molecule has 1 aliphatic carbocycles. The smallest absolute Gasteiger partial charge is 0.320 e. The van der Waals surface area contributed by atoms with Crippen molar-refractivity contribution >= 4 is 17.1 Å². The summed E-state index contributed by atoms with van der Waals surface area (Å²) in [4.78, 5) is 12.1. The number of allylic oxidation sites excluding steroid dienone is 3. The Labute approximate surface area is 254 Å². The van der Waals surface area contributed by atoms with Crippen molar-refractivity contribution in [2.24, 2.45) is 0 Å². The van der Waals surface area contributed by atoms with Crippen LogP contribution in [0.5, 0.6) is 0 Å². The molecule has 0 saturated carbocycles. The second-order valence-corrected chi connectivity index (χ2v) is 12.2. The van der Waals surface area contributed by atoms with Gasteiger partial charge in [-0.1, -0.05) is 90.4 Å². The Balaban J connectivity index is 0.00000370. The quantitative estimate of drug-likeness (QED) is 0.194. The molecular weight excluding hydrogens is 669 g/mol. The van der Waals surface area contributed by atoms with Gasteiger partial charge >= 0.3 is 21.1 Å². The molecule has 3 nitrogen and oxygen atoms in total. The Morgan fingerprint density at radius 2 is 1.48 bits per heavy atom. The second kappa shape index (κ2) is 12.1. The Kier molecular flexibility index (Phi) is 8.95. The summed E-state index contributed by atoms with van der Waals surface area (Å²) in [7, 11) is 0. The molecule has 2 heterocycles. The Hall–Kier alpha value is -3.29. The minimum absolute atomic E-state index is 0. The fourth-order valence-corrected chi connectivity index (χ4v) is 4.75. The van der Waals surface area contributed by atoms with Crippen LogP contribution in [0.2, 0.25) is 0 Å². The van der Waals surface area contributed by atoms with E-state index in [-0.39, 0.29) is 31.9 Å². The first-order valence-corrected chi connectivity index (χ1v) is 13.7. The van der Waals surface area contributed by atoms with Gasteiger partial charge in [0.2, 0.25) is 0 Å². The summed E-state index contributed by atoms with van der Waals surface area (Å²) in [5.74, 6) is 0.858. The van der Waals surface area contributed by atoms with Crippen LogP contribution in [-0.4, -0.2) is 9.97 Å². The van der Waals surface area contributed by atoms with Gasteiger partial charge in [0.15, 0.2) is 0 Å². The summed E-state index contributed by atoms with van der Waals surface area (Å²) in [6.07, 6.45) is 9.69. The molecule has 0 fully saturated rings. The molecule has 0 bridgehead atoms. The van der Waals surface area contributed by atoms with Gasteiger partial charge in [-0.2, -0.15) is 12.2 Å². The zero-order chi connectivity index (χ0) is 27.6. The van der Waals surface area contributed by atoms with Crippen LogP contribution in [0.1, 0.15) is 71.2 Å². The molecule has 0 unspecified atom stereocenters. The first-order chi connectivity index (χ1) is 18.6. The van der Waals surface area contributed by atoms with E-state index in [1.807, 2.05) is 42.6 Å². The van der Waals surface area contributed by atoms with E-state index < -0.39 is 0 Å². The van der Waals surface area contributed by atoms with Crippen molar-refractivity contribution in [1.82, 2.24) is 9.97 Å². The van der Waals surface area contributed by atoms with Crippen molar-refractivity contribution in [2.45, 2.75) is 65.2 Å². The Morgan fingerprint density at radius 1 is 0.775 bits per heavy atom. The van der Waals surface area contributed by atoms with Gasteiger partial charge in [-0.15, -0.1) is 41.5 Å². The largest absolute Gasteiger partial charge is 2.00 e. The van der Waals surface area contributed by atoms with Crippen LogP contribution in [0.3, 0.4) is 0 Å². The number of pyridine rings is 2. The Morgan fingerprint density at radius 3 is 2.10 bits per heavy atom. The molecule has 0 spiro atoms. The van der Waals surface area contributed by atoms with Crippen molar-refractivity contribution in [3.8, 4) is 11.3 Å². The molecule has 4 aromatic rings. The van der Waals surface area contributed by atoms with Crippen LogP contribution in [0.4, 0.5) is 11.5 Å². The molecule has 0 aliphatic heterocycles. The molecule has 0 radical (unpaired) electrons. The maximum atomic E-state index is 5.17. The van der Waals surface area contributed by atoms with Crippen LogP contribution >= 0.6 is 0 Å². The summed E-state index contributed by atoms with van der Waals surface area (Å²) in [5, 5.41) is 0. The van der Waals surface area contributed by atoms with Gasteiger partial charge in [0, 0.05) is 11.9 Å². The van der Waals surface area contributed by atoms with Crippen molar-refractivity contribution in [3.63, 3.8) is 0 Å². The average molecular weight is 707 g/mol. The topological polar surface area (TPSA) is 29.0 Å². The van der Waals surface area contributed by atoms with Crippen LogP contribution in [-0.2, 0) is 31.9 Å². The average Bonchev–Trinajstić information content (AvgIpc) is 2.93. The molecule has 1 aliphatic rings. The van der Waals surface area contributed by atoms with Gasteiger partial charge in [-0.25, -0.2) is 0 Å². The molecule has 2 aromatic carbocycles. The van der Waals surface area contributed by atoms with E-state index in [0.29, 0.717) is 0 Å². The van der Waals surface area contributed by atoms with Crippen molar-refractivity contribution < 1.29 is 21.1 Å². The van der Waals surface area contributed by atoms with Gasteiger partial charge in [0.25, 0.3) is 0 Å². The molecule has 5 rings (SSSR count). The first kappa shape index (κ1) is 29.7. The van der Waals surface area contributed by atoms with Gasteiger partial charge < -0.3 is 9.88 Å². The van der Waals surface area contributed by atoms with Crippen LogP contribution in [0.15, 0.2) is 96.8 Å². The second-order valence-electron chi connectivity index (χ2n) is 12.2. The third kappa shape index (κ3) is 6.70. The Bertz CT molecular complexity index is 1480. The number of benzene rings is 2. The number of rotatable bonds is 5. The van der Waals surface area contributed by atoms with Gasteiger partial charge in [0.05, 0.1) is 0 Å². The predicted molar refractivity (Wildman–Crippen MR) is 163 cm³/mol. The third-order valence-corrected chi connectivity index (χ3v) is 7.08. The minimum atomic E-state index is -0.00439. The fourth-order valence-electron chi connectivity index (χ4n) is 4.75. The first-order valence-electron chi connectivity index (χ1n) is 13.7. The number of hydrogen-bond acceptors (Lipinski definition) is 3. The number of hydrogen-bond donors (Lipinski definition) is 0. The van der Waals surface area contributed by atoms with Crippen molar-refractivity contribution in [2.75, 3.05) is 4.90 Å². The van der Waals surface area contributed by atoms with Crippen LogP contribution in [0, 0.1) is 12.1 Å². The molecule has 0 N–H and O–H groups in total. The van der Waals surface area contributed by atoms with Gasteiger partial charge in [0.1, 0.15) is 5.82 Å². The summed E-state index contributed by atoms with van der Waals surface area (Å²) in [5.41, 5.74) is 8.64. The monoisotopic (exact) mass is 706 g/mol. The molecule has 206 valence electrons. The normalized spacial score (nSPS) is 13.7. The number of anilines is 2. The fraction of sp³-hybridized carbons (Fsp3) is 0.278. The van der Waals surface area contributed by atoms with E-state index in [4.69, 9.17) is 4.98 Å². The van der Waals surface area contributed by atoms with Crippen LogP contribution < -0.4 is 4.90 Å². The van der Waals surface area contributed by atoms with E-state index in [1.54, 1.807) is 0 Å². The molecule has 4 heteroatoms. The molecule has 40 heavy (non-hydrogen) atoms. The summed E-state index contributed by atoms with van der Waals surface area (Å²) >= 11 is 0. The van der Waals surface area contributed by atoms with Crippen molar-refractivity contribution in [3.05, 3.63) is 126 Å². The molecule has 0 atom stereocenters. The van der Waals surface area contributed by atoms with E-state index in [9.17, 15) is 0 Å². The van der Waals surface area contributed by atoms with E-state index in [2.05, 4.69) is 112 Å². The van der Waals surface area contributed by atoms with Gasteiger partial charge in [-0.05, 0) is 57.6 Å². The van der Waals surface area contributed by atoms with E-state index >= 15 is 0 Å². The zero-order valence-electron chi connectivity index (χ0n) is 24.2. The van der Waals surface area contributed by atoms with E-state index in [0.717, 1.165) is 52.6 Å². The molecule has 2 aromatic heterocycles. The SMILES string of the molecule is CC(C)(C)c1cc(N(C2=CCCC(c3ccccn3)=[C-]2)c2cccc(-c3[c-]cccc3)n2)cc(C(C)(C)C)c1.[Pt+2]. The maximum absolute atomic E-state index is 5.17. The molecule has 0 saturated heterocycles. The maximum Gasteiger partial charge on any atom is 2.00 e. The van der Waals surface area contributed by atoms with Crippen molar-refractivity contribution in [1.29, 1.82) is 0 Å². The zero-order valence-corrected chi connectivity index (χ0v) is 26.5. The van der Waals surface area contributed by atoms with Gasteiger partial charge in [-0.3, -0.25) is 4.98 Å². The number of nitrogens with zero attached hydrogens (tertiary/aromatic N) is 3. The third-order valence-electron chi connectivity index (χ3n) is 7.08. The summed E-state index contributed by atoms with van der Waals surface area (Å²) in [6.45, 7) is 13.7. The standard InChI is InChI=1S/C36H37N3.Pt/c1-35(2,3)28-23-29(36(4,5)6)25-31(24-28)39(30-17-12-16-27(22-30)32-18-10-11-21-37-32)34-20-13-19-33(38-34)26-14-8-7-9-15-26;/h7-11,13-14,17-21,23-25H,12,16H2,1-6H3;/q-2;+2.